The molecule has 0 heterocycles. The Hall–Kier alpha value is -3.55. The highest BCUT2D eigenvalue weighted by atomic mass is 16.5. The van der Waals surface area contributed by atoms with Crippen LogP contribution >= 0.6 is 0 Å². The molecule has 154 valence electrons. The lowest BCUT2D eigenvalue weighted by Gasteiger charge is -2.16. The van der Waals surface area contributed by atoms with E-state index in [1.807, 2.05) is 6.92 Å². The zero-order valence-electron chi connectivity index (χ0n) is 16.7. The maximum absolute atomic E-state index is 12.4. The van der Waals surface area contributed by atoms with Gasteiger partial charge in [0.2, 0.25) is 0 Å². The fraction of sp³-hybridized carbons (Fsp3) is 0.286. The average molecular weight is 401 g/mol. The van der Waals surface area contributed by atoms with E-state index in [2.05, 4.69) is 14.8 Å². The van der Waals surface area contributed by atoms with Crippen molar-refractivity contribution in [2.45, 2.75) is 20.0 Å². The Morgan fingerprint density at radius 3 is 1.93 bits per heavy atom. The number of hydrogen-bond donors (Lipinski definition) is 1. The van der Waals surface area contributed by atoms with E-state index in [4.69, 9.17) is 9.47 Å². The monoisotopic (exact) mass is 401 g/mol. The van der Waals surface area contributed by atoms with Crippen LogP contribution in [-0.2, 0) is 14.3 Å². The molecule has 8 nitrogen and oxygen atoms in total. The number of carbonyl (C=O) groups is 3. The Morgan fingerprint density at radius 1 is 0.897 bits per heavy atom. The molecule has 1 amide bonds. The summed E-state index contributed by atoms with van der Waals surface area (Å²) < 4.78 is 20.4. The second-order valence-corrected chi connectivity index (χ2v) is 5.94. The van der Waals surface area contributed by atoms with Crippen molar-refractivity contribution in [2.75, 3.05) is 26.1 Å². The predicted octanol–water partition coefficient (Wildman–Crippen LogP) is 3.06. The third kappa shape index (κ3) is 5.97. The molecular weight excluding hydrogens is 378 g/mol. The van der Waals surface area contributed by atoms with Crippen molar-refractivity contribution in [3.8, 4) is 11.5 Å². The van der Waals surface area contributed by atoms with Crippen LogP contribution in [0.15, 0.2) is 42.5 Å². The lowest BCUT2D eigenvalue weighted by atomic mass is 10.1. The van der Waals surface area contributed by atoms with Gasteiger partial charge in [0.05, 0.1) is 32.0 Å². The average Bonchev–Trinajstić information content (AvgIpc) is 2.73. The number of anilines is 1. The van der Waals surface area contributed by atoms with Gasteiger partial charge in [0, 0.05) is 5.69 Å². The summed E-state index contributed by atoms with van der Waals surface area (Å²) in [5.41, 5.74) is 0.779. The second kappa shape index (κ2) is 10.1. The van der Waals surface area contributed by atoms with Crippen molar-refractivity contribution in [2.24, 2.45) is 0 Å². The third-order valence-electron chi connectivity index (χ3n) is 3.86. The van der Waals surface area contributed by atoms with Crippen molar-refractivity contribution in [1.82, 2.24) is 0 Å². The molecular formula is C21H23NO7. The largest absolute Gasteiger partial charge is 0.494 e. The van der Waals surface area contributed by atoms with Gasteiger partial charge in [-0.15, -0.1) is 0 Å². The zero-order valence-corrected chi connectivity index (χ0v) is 16.7. The topological polar surface area (TPSA) is 100 Å². The fourth-order valence-corrected chi connectivity index (χ4v) is 2.44. The maximum atomic E-state index is 12.4. The van der Waals surface area contributed by atoms with E-state index in [9.17, 15) is 14.4 Å². The van der Waals surface area contributed by atoms with E-state index in [-0.39, 0.29) is 16.9 Å². The van der Waals surface area contributed by atoms with Crippen LogP contribution in [0.4, 0.5) is 5.69 Å². The second-order valence-electron chi connectivity index (χ2n) is 5.94. The van der Waals surface area contributed by atoms with E-state index in [1.54, 1.807) is 31.2 Å². The SMILES string of the molecule is CCOc1ccc(NC(=O)[C@@H](C)Oc2cc(C(=O)OC)cc(C(=O)OC)c2)cc1. The van der Waals surface area contributed by atoms with Gasteiger partial charge in [-0.25, -0.2) is 9.59 Å². The van der Waals surface area contributed by atoms with Crippen molar-refractivity contribution >= 4 is 23.5 Å². The Bertz CT molecular complexity index is 843. The summed E-state index contributed by atoms with van der Waals surface area (Å²) >= 11 is 0. The minimum absolute atomic E-state index is 0.101. The highest BCUT2D eigenvalue weighted by Crippen LogP contribution is 2.21. The summed E-state index contributed by atoms with van der Waals surface area (Å²) in [7, 11) is 2.45. The van der Waals surface area contributed by atoms with E-state index in [1.165, 1.54) is 32.4 Å². The first-order valence-corrected chi connectivity index (χ1v) is 8.90. The summed E-state index contributed by atoms with van der Waals surface area (Å²) in [6.07, 6.45) is -0.903. The molecule has 0 aliphatic heterocycles. The molecule has 0 saturated carbocycles. The first kappa shape index (κ1) is 21.7. The van der Waals surface area contributed by atoms with Gasteiger partial charge in [0.15, 0.2) is 6.10 Å². The maximum Gasteiger partial charge on any atom is 0.338 e. The molecule has 8 heteroatoms. The molecule has 0 aliphatic carbocycles. The molecule has 0 aliphatic rings. The highest BCUT2D eigenvalue weighted by Gasteiger charge is 2.19. The Morgan fingerprint density at radius 2 is 1.45 bits per heavy atom. The van der Waals surface area contributed by atoms with Gasteiger partial charge in [-0.1, -0.05) is 0 Å². The van der Waals surface area contributed by atoms with Crippen LogP contribution in [0, 0.1) is 0 Å². The molecule has 2 aromatic rings. The van der Waals surface area contributed by atoms with Crippen LogP contribution in [0.3, 0.4) is 0 Å². The molecule has 0 radical (unpaired) electrons. The Kier molecular flexibility index (Phi) is 7.59. The van der Waals surface area contributed by atoms with E-state index >= 15 is 0 Å². The molecule has 0 unspecified atom stereocenters. The number of esters is 2. The van der Waals surface area contributed by atoms with Crippen molar-refractivity contribution in [3.63, 3.8) is 0 Å². The number of amides is 1. The van der Waals surface area contributed by atoms with Crippen LogP contribution in [0.2, 0.25) is 0 Å². The van der Waals surface area contributed by atoms with Crippen LogP contribution in [-0.4, -0.2) is 44.8 Å². The quantitative estimate of drug-likeness (QED) is 0.679. The summed E-state index contributed by atoms with van der Waals surface area (Å²) in [5.74, 6) is -0.844. The molecule has 0 aromatic heterocycles. The van der Waals surface area contributed by atoms with Crippen LogP contribution in [0.25, 0.3) is 0 Å². The summed E-state index contributed by atoms with van der Waals surface area (Å²) in [6, 6.07) is 11.0. The van der Waals surface area contributed by atoms with E-state index in [0.717, 1.165) is 0 Å². The smallest absolute Gasteiger partial charge is 0.338 e. The molecule has 0 saturated heterocycles. The Balaban J connectivity index is 2.13. The number of benzene rings is 2. The first-order valence-electron chi connectivity index (χ1n) is 8.90. The molecule has 2 rings (SSSR count). The summed E-state index contributed by atoms with van der Waals surface area (Å²) in [5, 5.41) is 2.73. The Labute approximate surface area is 168 Å². The summed E-state index contributed by atoms with van der Waals surface area (Å²) in [6.45, 7) is 3.98. The van der Waals surface area contributed by atoms with Gasteiger partial charge in [0.25, 0.3) is 5.91 Å². The van der Waals surface area contributed by atoms with E-state index in [0.29, 0.717) is 18.0 Å². The van der Waals surface area contributed by atoms with Crippen LogP contribution in [0.5, 0.6) is 11.5 Å². The minimum Gasteiger partial charge on any atom is -0.494 e. The molecule has 0 fully saturated rings. The number of carbonyl (C=O) groups excluding carboxylic acids is 3. The number of rotatable bonds is 8. The number of methoxy groups -OCH3 is 2. The van der Waals surface area contributed by atoms with Gasteiger partial charge in [-0.2, -0.15) is 0 Å². The lowest BCUT2D eigenvalue weighted by Crippen LogP contribution is -2.30. The van der Waals surface area contributed by atoms with Crippen LogP contribution in [0.1, 0.15) is 34.6 Å². The zero-order chi connectivity index (χ0) is 21.4. The normalized spacial score (nSPS) is 11.2. The molecule has 0 bridgehead atoms. The third-order valence-corrected chi connectivity index (χ3v) is 3.86. The molecule has 1 atom stereocenters. The van der Waals surface area contributed by atoms with E-state index < -0.39 is 23.9 Å². The van der Waals surface area contributed by atoms with Gasteiger partial charge in [0.1, 0.15) is 11.5 Å². The van der Waals surface area contributed by atoms with Crippen molar-refractivity contribution < 1.29 is 33.3 Å². The molecule has 29 heavy (non-hydrogen) atoms. The van der Waals surface area contributed by atoms with Crippen molar-refractivity contribution in [1.29, 1.82) is 0 Å². The minimum atomic E-state index is -0.903. The number of nitrogens with one attached hydrogen (secondary N) is 1. The standard InChI is InChI=1S/C21H23NO7/c1-5-28-17-8-6-16(7-9-17)22-19(23)13(2)29-18-11-14(20(24)26-3)10-15(12-18)21(25)27-4/h6-13H,5H2,1-4H3,(H,22,23)/t13-/m1/s1. The fourth-order valence-electron chi connectivity index (χ4n) is 2.44. The van der Waals surface area contributed by atoms with Gasteiger partial charge in [-0.05, 0) is 56.3 Å². The highest BCUT2D eigenvalue weighted by molar-refractivity contribution is 5.96. The first-order chi connectivity index (χ1) is 13.9. The number of hydrogen-bond acceptors (Lipinski definition) is 7. The van der Waals surface area contributed by atoms with Crippen LogP contribution < -0.4 is 14.8 Å². The van der Waals surface area contributed by atoms with Crippen molar-refractivity contribution in [3.05, 3.63) is 53.6 Å². The van der Waals surface area contributed by atoms with Gasteiger partial charge in [-0.3, -0.25) is 4.79 Å². The van der Waals surface area contributed by atoms with Gasteiger partial charge < -0.3 is 24.3 Å². The number of ether oxygens (including phenoxy) is 4. The molecule has 1 N–H and O–H groups in total. The molecule has 0 spiro atoms. The summed E-state index contributed by atoms with van der Waals surface area (Å²) in [4.78, 5) is 36.1. The molecule has 2 aromatic carbocycles. The lowest BCUT2D eigenvalue weighted by molar-refractivity contribution is -0.122. The predicted molar refractivity (Wildman–Crippen MR) is 105 cm³/mol. The van der Waals surface area contributed by atoms with Gasteiger partial charge >= 0.3 is 11.9 Å².